The Morgan fingerprint density at radius 2 is 0.866 bits per heavy atom. The molecule has 19 nitrogen and oxygen atoms in total. The van der Waals surface area contributed by atoms with Crippen molar-refractivity contribution in [1.29, 1.82) is 5.26 Å². The summed E-state index contributed by atoms with van der Waals surface area (Å²) in [6, 6.07) is 9.50. The standard InChI is InChI=1S/C8H8.C6H8O4.C6H6O4.C6H4O2.C6H8.C5H8O2.C5H6.C5H8.C4H2O3.C4H6O.C4H6.C3H3N.CO2/c1-7-5-3-4-6-8(7)2;2*1-9-5(7)3-4-6(8)10-2;7-5-1-2-6(8)4-3-5;1-2-4-6-5-3-1;1-3-4-5(6)7-2;1-2-4-5-3-1;1-4-5(2)3;5-3-1-2-4(6)7-3;1-3-4(2)5;1-3-4-2;1-2-3-4;2-1-3/h3-6H,1-2H2;3-4H,1-2H3;1-2H3;1-4H;1-4H,5-6H2;3-4H,1-2H3;1-4H,5H2;4H,1-2H2,3H3;1-2H;3H,1H2,2H3;3-4H,1-2H2;2H,1H2;/b;4-3-;;;;4-3+;;;;;;;. The van der Waals surface area contributed by atoms with Crippen molar-refractivity contribution < 1.29 is 86.0 Å². The number of methoxy groups -OCH3 is 5. The molecule has 0 amide bonds. The summed E-state index contributed by atoms with van der Waals surface area (Å²) in [7, 11) is 6.15. The second-order valence-electron chi connectivity index (χ2n) is 13.2. The van der Waals surface area contributed by atoms with Gasteiger partial charge in [0.1, 0.15) is 0 Å². The van der Waals surface area contributed by atoms with Crippen LogP contribution >= 0.6 is 0 Å². The van der Waals surface area contributed by atoms with Crippen LogP contribution in [0.25, 0.3) is 13.2 Å². The van der Waals surface area contributed by atoms with E-state index in [0.717, 1.165) is 46.7 Å². The lowest BCUT2D eigenvalue weighted by atomic mass is 10.2. The molecule has 1 aromatic carbocycles. The van der Waals surface area contributed by atoms with Crippen LogP contribution < -0.4 is 10.4 Å². The van der Waals surface area contributed by atoms with Gasteiger partial charge in [-0.15, -0.1) is 0 Å². The van der Waals surface area contributed by atoms with E-state index in [4.69, 9.17) is 14.9 Å². The summed E-state index contributed by atoms with van der Waals surface area (Å²) in [5.41, 5.74) is 1.02. The largest absolute Gasteiger partial charge is 0.466 e. The third-order valence-corrected chi connectivity index (χ3v) is 6.83. The minimum atomic E-state index is -0.759. The van der Waals surface area contributed by atoms with E-state index in [2.05, 4.69) is 130 Å². The fraction of sp³-hybridized carbons (Fsp3) is 0.175. The van der Waals surface area contributed by atoms with Gasteiger partial charge < -0.3 is 28.4 Å². The average molecular weight is 1130 g/mol. The van der Waals surface area contributed by atoms with E-state index < -0.39 is 35.8 Å². The number of nitrogens with zero attached hydrogens (tertiary/aromatic N) is 1. The van der Waals surface area contributed by atoms with E-state index in [0.29, 0.717) is 0 Å². The van der Waals surface area contributed by atoms with Crippen LogP contribution in [0.2, 0.25) is 0 Å². The topological polar surface area (TPSA) is 284 Å². The van der Waals surface area contributed by atoms with Gasteiger partial charge in [-0.1, -0.05) is 155 Å². The van der Waals surface area contributed by atoms with E-state index in [-0.39, 0.29) is 29.5 Å². The maximum atomic E-state index is 10.3. The first-order valence-corrected chi connectivity index (χ1v) is 23.0. The maximum Gasteiger partial charge on any atom is 0.384 e. The van der Waals surface area contributed by atoms with Gasteiger partial charge in [0.05, 0.1) is 41.6 Å². The fourth-order valence-electron chi connectivity index (χ4n) is 2.92. The smallest absolute Gasteiger partial charge is 0.384 e. The Morgan fingerprint density at radius 1 is 0.561 bits per heavy atom. The van der Waals surface area contributed by atoms with Crippen LogP contribution in [0.5, 0.6) is 0 Å². The summed E-state index contributed by atoms with van der Waals surface area (Å²) in [6.07, 6.45) is 40.4. The van der Waals surface area contributed by atoms with Gasteiger partial charge in [0.15, 0.2) is 17.3 Å². The molecule has 4 aliphatic rings. The molecule has 19 heteroatoms. The third-order valence-electron chi connectivity index (χ3n) is 6.83. The molecule has 0 saturated heterocycles. The van der Waals surface area contributed by atoms with Gasteiger partial charge in [-0.3, -0.25) is 14.4 Å². The average Bonchev–Trinajstić information content (AvgIpc) is 4.22. The molecule has 1 heterocycles. The Balaban J connectivity index is -0.000000122. The Kier molecular flexibility index (Phi) is 77.0. The van der Waals surface area contributed by atoms with Gasteiger partial charge in [0.2, 0.25) is 0 Å². The summed E-state index contributed by atoms with van der Waals surface area (Å²) in [5, 5.41) is 9.52. The molecule has 0 radical (unpaired) electrons. The molecule has 1 aliphatic heterocycles. The molecule has 0 saturated carbocycles. The second kappa shape index (κ2) is 72.1. The maximum absolute atomic E-state index is 10.3. The number of carbonyl (C=O) groups excluding carboxylic acids is 12. The van der Waals surface area contributed by atoms with Crippen molar-refractivity contribution in [2.75, 3.05) is 35.5 Å². The first-order valence-electron chi connectivity index (χ1n) is 23.0. The number of ketones is 3. The van der Waals surface area contributed by atoms with E-state index in [1.807, 2.05) is 43.0 Å². The zero-order valence-corrected chi connectivity index (χ0v) is 47.7. The highest BCUT2D eigenvalue weighted by Crippen LogP contribution is 1.98. The van der Waals surface area contributed by atoms with Crippen molar-refractivity contribution in [1.82, 2.24) is 0 Å². The van der Waals surface area contributed by atoms with E-state index >= 15 is 0 Å². The van der Waals surface area contributed by atoms with Crippen molar-refractivity contribution in [2.45, 2.75) is 40.0 Å². The molecule has 5 rings (SSSR count). The minimum Gasteiger partial charge on any atom is -0.466 e. The number of hydrogen-bond donors (Lipinski definition) is 0. The zero-order valence-electron chi connectivity index (χ0n) is 47.7. The van der Waals surface area contributed by atoms with E-state index in [1.165, 1.54) is 97.8 Å². The van der Waals surface area contributed by atoms with Gasteiger partial charge in [-0.25, -0.2) is 33.6 Å². The number of ether oxygens (including phenoxy) is 6. The Bertz CT molecular complexity index is 2540. The number of hydrogen-bond acceptors (Lipinski definition) is 19. The number of rotatable bonds is 6. The third kappa shape index (κ3) is 91.6. The van der Waals surface area contributed by atoms with Crippen LogP contribution in [0.1, 0.15) is 40.0 Å². The van der Waals surface area contributed by atoms with Crippen LogP contribution in [0, 0.1) is 23.2 Å². The molecule has 3 aliphatic carbocycles. The Labute approximate surface area is 481 Å². The summed E-state index contributed by atoms with van der Waals surface area (Å²) < 4.78 is 24.9. The lowest BCUT2D eigenvalue weighted by Crippen LogP contribution is -2.19. The van der Waals surface area contributed by atoms with Gasteiger partial charge in [0, 0.05) is 48.3 Å². The first-order chi connectivity index (χ1) is 38.9. The van der Waals surface area contributed by atoms with Gasteiger partial charge >= 0.3 is 47.9 Å². The molecule has 82 heavy (non-hydrogen) atoms. The molecule has 0 atom stereocenters. The number of carbonyl (C=O) groups is 10. The van der Waals surface area contributed by atoms with Crippen LogP contribution in [-0.4, -0.2) is 101 Å². The number of cyclic esters (lactones) is 2. The van der Waals surface area contributed by atoms with Crippen molar-refractivity contribution in [3.8, 4) is 17.9 Å². The van der Waals surface area contributed by atoms with Gasteiger partial charge in [-0.05, 0) is 80.9 Å². The lowest BCUT2D eigenvalue weighted by Gasteiger charge is -1.89. The summed E-state index contributed by atoms with van der Waals surface area (Å²) in [4.78, 5) is 118. The molecule has 0 fully saturated rings. The van der Waals surface area contributed by atoms with Crippen molar-refractivity contribution >= 4 is 78.4 Å². The highest BCUT2D eigenvalue weighted by Gasteiger charge is 2.10. The molecular weight excluding hydrogens is 1060 g/mol. The highest BCUT2D eigenvalue weighted by atomic mass is 16.6. The minimum absolute atomic E-state index is 0.0185. The Morgan fingerprint density at radius 3 is 1.01 bits per heavy atom. The quantitative estimate of drug-likeness (QED) is 0.0303. The summed E-state index contributed by atoms with van der Waals surface area (Å²) >= 11 is 0. The molecule has 438 valence electrons. The summed E-state index contributed by atoms with van der Waals surface area (Å²) in [5.74, 6) is -0.563. The predicted molar refractivity (Wildman–Crippen MR) is 315 cm³/mol. The van der Waals surface area contributed by atoms with Crippen molar-refractivity contribution in [3.63, 3.8) is 0 Å². The molecule has 0 unspecified atom stereocenters. The highest BCUT2D eigenvalue weighted by molar-refractivity contribution is 6.14. The van der Waals surface area contributed by atoms with Crippen LogP contribution in [0.4, 0.5) is 0 Å². The van der Waals surface area contributed by atoms with E-state index in [9.17, 15) is 47.9 Å². The van der Waals surface area contributed by atoms with Crippen molar-refractivity contribution in [2.24, 2.45) is 0 Å². The SMILES string of the molecule is C/C=C/C(=O)OC.C1=CCC=C1.C1=CCCC=C1.C=CC#N.C=CC(=C)C.C=CC(C)=O.C=CC=C.C=c1ccccc1=C.COC(=O)/C=C\C(=O)OC.COC(=O)C#CC(=O)OC.O=C1C=CC(=O)C=C1.O=C1C=CC(=O)O1.O=C=O. The van der Waals surface area contributed by atoms with Crippen LogP contribution in [0.15, 0.2) is 209 Å². The zero-order chi connectivity index (χ0) is 64.8. The number of esters is 7. The fourth-order valence-corrected chi connectivity index (χ4v) is 2.92. The van der Waals surface area contributed by atoms with Crippen LogP contribution in [-0.2, 0) is 86.0 Å². The van der Waals surface area contributed by atoms with Crippen LogP contribution in [0.3, 0.4) is 0 Å². The Hall–Kier alpha value is -11.0. The molecular formula is C63H73NO18. The van der Waals surface area contributed by atoms with E-state index in [1.54, 1.807) is 37.3 Å². The summed E-state index contributed by atoms with van der Waals surface area (Å²) in [6.45, 7) is 32.7. The normalized spacial score (nSPS) is 10.7. The molecule has 0 bridgehead atoms. The number of allylic oxidation sites excluding steroid dienone is 19. The second-order valence-corrected chi connectivity index (χ2v) is 13.2. The number of nitriles is 1. The van der Waals surface area contributed by atoms with Gasteiger partial charge in [0.25, 0.3) is 0 Å². The van der Waals surface area contributed by atoms with Crippen molar-refractivity contribution in [3.05, 3.63) is 219 Å². The molecule has 0 spiro atoms. The predicted octanol–water partition coefficient (Wildman–Crippen LogP) is 7.72. The lowest BCUT2D eigenvalue weighted by molar-refractivity contribution is -0.192. The first kappa shape index (κ1) is 87.6. The van der Waals surface area contributed by atoms with Gasteiger partial charge in [-0.2, -0.15) is 14.9 Å². The molecule has 0 aromatic heterocycles. The monoisotopic (exact) mass is 1130 g/mol. The molecule has 1 aromatic rings. The number of benzene rings is 1. The molecule has 0 N–H and O–H groups in total.